The molecule has 1 aliphatic carbocycles. The van der Waals surface area contributed by atoms with Gasteiger partial charge in [-0.2, -0.15) is 0 Å². The van der Waals surface area contributed by atoms with Gasteiger partial charge in [-0.3, -0.25) is 9.59 Å². The van der Waals surface area contributed by atoms with Crippen molar-refractivity contribution in [3.63, 3.8) is 0 Å². The van der Waals surface area contributed by atoms with E-state index in [4.69, 9.17) is 4.74 Å². The molecule has 2 atom stereocenters. The van der Waals surface area contributed by atoms with E-state index in [-0.39, 0.29) is 17.6 Å². The lowest BCUT2D eigenvalue weighted by molar-refractivity contribution is -0.151. The number of para-hydroxylation sites is 1. The van der Waals surface area contributed by atoms with Crippen molar-refractivity contribution in [2.75, 3.05) is 0 Å². The molecule has 1 aromatic heterocycles. The van der Waals surface area contributed by atoms with Crippen LogP contribution in [0.4, 0.5) is 0 Å². The van der Waals surface area contributed by atoms with Gasteiger partial charge in [-0.25, -0.2) is 4.79 Å². The van der Waals surface area contributed by atoms with Crippen molar-refractivity contribution in [3.8, 4) is 0 Å². The zero-order valence-electron chi connectivity index (χ0n) is 16.0. The van der Waals surface area contributed by atoms with E-state index >= 15 is 0 Å². The number of aromatic amines is 1. The Labute approximate surface area is 158 Å². The van der Waals surface area contributed by atoms with E-state index < -0.39 is 18.1 Å². The van der Waals surface area contributed by atoms with Crippen LogP contribution in [0, 0.1) is 12.8 Å². The van der Waals surface area contributed by atoms with Gasteiger partial charge in [0.05, 0.1) is 0 Å². The molecule has 0 spiro atoms. The quantitative estimate of drug-likeness (QED) is 0.603. The standard InChI is InChI=1S/C21H26N2O4/c1-12-18(16-10-6-7-11-17(16)22-12)20(25)13(2)27-21(26)19(23-14(3)24)15-8-4-5-9-15/h6-7,10-11,13,15,19,22H,4-5,8-9H2,1-3H3,(H,23,24)/t13-,19-/m0/s1. The summed E-state index contributed by atoms with van der Waals surface area (Å²) in [7, 11) is 0. The molecular weight excluding hydrogens is 344 g/mol. The molecule has 1 saturated carbocycles. The van der Waals surface area contributed by atoms with Crippen molar-refractivity contribution < 1.29 is 19.1 Å². The van der Waals surface area contributed by atoms with Crippen LogP contribution in [0.15, 0.2) is 24.3 Å². The fourth-order valence-electron chi connectivity index (χ4n) is 3.98. The Kier molecular flexibility index (Phi) is 5.63. The highest BCUT2D eigenvalue weighted by Gasteiger charge is 2.34. The van der Waals surface area contributed by atoms with Crippen LogP contribution in [-0.4, -0.2) is 34.8 Å². The van der Waals surface area contributed by atoms with Crippen molar-refractivity contribution >= 4 is 28.6 Å². The number of benzene rings is 1. The number of carbonyl (C=O) groups is 3. The molecule has 144 valence electrons. The topological polar surface area (TPSA) is 88.3 Å². The molecule has 1 aromatic carbocycles. The molecule has 0 aliphatic heterocycles. The largest absolute Gasteiger partial charge is 0.453 e. The first-order chi connectivity index (χ1) is 12.9. The number of fused-ring (bicyclic) bond motifs is 1. The Bertz CT molecular complexity index is 864. The van der Waals surface area contributed by atoms with Gasteiger partial charge in [-0.1, -0.05) is 31.0 Å². The fraction of sp³-hybridized carbons (Fsp3) is 0.476. The van der Waals surface area contributed by atoms with Gasteiger partial charge in [0.25, 0.3) is 0 Å². The third-order valence-corrected chi connectivity index (χ3v) is 5.29. The van der Waals surface area contributed by atoms with E-state index in [1.807, 2.05) is 31.2 Å². The van der Waals surface area contributed by atoms with Crippen molar-refractivity contribution in [1.29, 1.82) is 0 Å². The van der Waals surface area contributed by atoms with E-state index in [0.717, 1.165) is 42.3 Å². The number of rotatable bonds is 6. The number of H-pyrrole nitrogens is 1. The molecule has 0 saturated heterocycles. The zero-order valence-corrected chi connectivity index (χ0v) is 16.0. The second-order valence-electron chi connectivity index (χ2n) is 7.34. The lowest BCUT2D eigenvalue weighted by Crippen LogP contribution is -2.46. The lowest BCUT2D eigenvalue weighted by Gasteiger charge is -2.24. The van der Waals surface area contributed by atoms with Crippen molar-refractivity contribution in [1.82, 2.24) is 10.3 Å². The molecule has 0 unspecified atom stereocenters. The van der Waals surface area contributed by atoms with Crippen LogP contribution in [0.3, 0.4) is 0 Å². The van der Waals surface area contributed by atoms with Crippen LogP contribution in [0.5, 0.6) is 0 Å². The molecule has 27 heavy (non-hydrogen) atoms. The van der Waals surface area contributed by atoms with Crippen LogP contribution in [0.25, 0.3) is 10.9 Å². The summed E-state index contributed by atoms with van der Waals surface area (Å²) in [6.07, 6.45) is 2.91. The van der Waals surface area contributed by atoms with Gasteiger partial charge < -0.3 is 15.0 Å². The zero-order chi connectivity index (χ0) is 19.6. The summed E-state index contributed by atoms with van der Waals surface area (Å²) in [4.78, 5) is 40.4. The molecule has 2 aromatic rings. The number of amides is 1. The maximum atomic E-state index is 13.0. The van der Waals surface area contributed by atoms with Crippen LogP contribution < -0.4 is 5.32 Å². The number of hydrogen-bond acceptors (Lipinski definition) is 4. The molecular formula is C21H26N2O4. The van der Waals surface area contributed by atoms with Gasteiger partial charge in [-0.15, -0.1) is 0 Å². The molecule has 1 amide bonds. The van der Waals surface area contributed by atoms with Crippen molar-refractivity contribution in [2.45, 2.75) is 58.6 Å². The van der Waals surface area contributed by atoms with Crippen LogP contribution in [0.2, 0.25) is 0 Å². The number of nitrogens with one attached hydrogen (secondary N) is 2. The number of ether oxygens (including phenoxy) is 1. The van der Waals surface area contributed by atoms with E-state index in [0.29, 0.717) is 5.56 Å². The highest BCUT2D eigenvalue weighted by atomic mass is 16.5. The van der Waals surface area contributed by atoms with Crippen molar-refractivity contribution in [3.05, 3.63) is 35.5 Å². The summed E-state index contributed by atoms with van der Waals surface area (Å²) in [6.45, 7) is 4.81. The van der Waals surface area contributed by atoms with E-state index in [1.165, 1.54) is 6.92 Å². The van der Waals surface area contributed by atoms with Gasteiger partial charge in [0.2, 0.25) is 11.7 Å². The Morgan fingerprint density at radius 2 is 1.85 bits per heavy atom. The fourth-order valence-corrected chi connectivity index (χ4v) is 3.98. The summed E-state index contributed by atoms with van der Waals surface area (Å²) in [6, 6.07) is 6.86. The molecule has 2 N–H and O–H groups in total. The monoisotopic (exact) mass is 370 g/mol. The lowest BCUT2D eigenvalue weighted by atomic mass is 9.98. The maximum Gasteiger partial charge on any atom is 0.329 e. The summed E-state index contributed by atoms with van der Waals surface area (Å²) < 4.78 is 5.50. The molecule has 0 bridgehead atoms. The summed E-state index contributed by atoms with van der Waals surface area (Å²) in [5.74, 6) is -0.976. The second-order valence-corrected chi connectivity index (χ2v) is 7.34. The molecule has 0 radical (unpaired) electrons. The first kappa shape index (κ1) is 19.1. The molecule has 3 rings (SSSR count). The number of aromatic nitrogens is 1. The highest BCUT2D eigenvalue weighted by molar-refractivity contribution is 6.11. The van der Waals surface area contributed by atoms with Gasteiger partial charge in [0.1, 0.15) is 6.04 Å². The summed E-state index contributed by atoms with van der Waals surface area (Å²) >= 11 is 0. The van der Waals surface area contributed by atoms with Crippen molar-refractivity contribution in [2.24, 2.45) is 5.92 Å². The normalized spacial score (nSPS) is 16.9. The van der Waals surface area contributed by atoms with Gasteiger partial charge in [-0.05, 0) is 38.7 Å². The average molecular weight is 370 g/mol. The first-order valence-electron chi connectivity index (χ1n) is 9.47. The van der Waals surface area contributed by atoms with Crippen LogP contribution in [0.1, 0.15) is 55.6 Å². The van der Waals surface area contributed by atoms with E-state index in [2.05, 4.69) is 10.3 Å². The number of carbonyl (C=O) groups excluding carboxylic acids is 3. The predicted molar refractivity (Wildman–Crippen MR) is 102 cm³/mol. The smallest absolute Gasteiger partial charge is 0.329 e. The van der Waals surface area contributed by atoms with Crippen LogP contribution >= 0.6 is 0 Å². The SMILES string of the molecule is CC(=O)N[C@H](C(=O)O[C@@H](C)C(=O)c1c(C)[nH]c2ccccc12)C1CCCC1. The van der Waals surface area contributed by atoms with Gasteiger partial charge in [0, 0.05) is 29.1 Å². The summed E-state index contributed by atoms with van der Waals surface area (Å²) in [5.41, 5.74) is 2.17. The van der Waals surface area contributed by atoms with E-state index in [9.17, 15) is 14.4 Å². The number of esters is 1. The molecule has 6 nitrogen and oxygen atoms in total. The first-order valence-corrected chi connectivity index (χ1v) is 9.47. The maximum absolute atomic E-state index is 13.0. The Morgan fingerprint density at radius 3 is 2.52 bits per heavy atom. The summed E-state index contributed by atoms with van der Waals surface area (Å²) in [5, 5.41) is 3.53. The van der Waals surface area contributed by atoms with E-state index in [1.54, 1.807) is 6.92 Å². The number of ketones is 1. The van der Waals surface area contributed by atoms with Gasteiger partial charge >= 0.3 is 5.97 Å². The third-order valence-electron chi connectivity index (χ3n) is 5.29. The number of aryl methyl sites for hydroxylation is 1. The Hall–Kier alpha value is -2.63. The highest BCUT2D eigenvalue weighted by Crippen LogP contribution is 2.29. The van der Waals surface area contributed by atoms with Crippen LogP contribution in [-0.2, 0) is 14.3 Å². The Balaban J connectivity index is 1.77. The number of Topliss-reactive ketones (excluding diaryl/α,β-unsaturated/α-hetero) is 1. The minimum atomic E-state index is -0.923. The van der Waals surface area contributed by atoms with Gasteiger partial charge in [0.15, 0.2) is 6.10 Å². The molecule has 1 aliphatic rings. The Morgan fingerprint density at radius 1 is 1.19 bits per heavy atom. The average Bonchev–Trinajstić information content (AvgIpc) is 3.25. The second kappa shape index (κ2) is 7.94. The number of hydrogen-bond donors (Lipinski definition) is 2. The third kappa shape index (κ3) is 4.04. The molecule has 1 heterocycles. The minimum Gasteiger partial charge on any atom is -0.453 e. The minimum absolute atomic E-state index is 0.0681. The molecule has 6 heteroatoms. The predicted octanol–water partition coefficient (Wildman–Crippen LogP) is 3.29. The molecule has 1 fully saturated rings.